The Hall–Kier alpha value is -1.65. The van der Waals surface area contributed by atoms with E-state index in [0.29, 0.717) is 11.6 Å². The second-order valence-electron chi connectivity index (χ2n) is 6.10. The zero-order valence-electron chi connectivity index (χ0n) is 13.8. The number of nitrogens with zero attached hydrogens (tertiary/aromatic N) is 1. The van der Waals surface area contributed by atoms with Gasteiger partial charge < -0.3 is 10.6 Å². The van der Waals surface area contributed by atoms with E-state index in [2.05, 4.69) is 24.3 Å². The van der Waals surface area contributed by atoms with Crippen molar-refractivity contribution in [3.63, 3.8) is 0 Å². The van der Waals surface area contributed by atoms with Gasteiger partial charge in [0.2, 0.25) is 0 Å². The van der Waals surface area contributed by atoms with E-state index in [4.69, 9.17) is 5.73 Å². The molecule has 1 unspecified atom stereocenters. The van der Waals surface area contributed by atoms with Gasteiger partial charge in [-0.25, -0.2) is 0 Å². The van der Waals surface area contributed by atoms with Crippen molar-refractivity contribution < 1.29 is 4.79 Å². The second kappa shape index (κ2) is 8.45. The van der Waals surface area contributed by atoms with Crippen LogP contribution in [0.4, 0.5) is 5.69 Å². The Morgan fingerprint density at radius 1 is 1.25 bits per heavy atom. The lowest BCUT2D eigenvalue weighted by molar-refractivity contribution is 0.0787. The predicted molar refractivity (Wildman–Crippen MR) is 104 cm³/mol. The van der Waals surface area contributed by atoms with E-state index in [1.807, 2.05) is 41.8 Å². The molecule has 3 rings (SSSR count). The molecule has 0 bridgehead atoms. The number of anilines is 1. The number of likely N-dealkylation sites (tertiary alicyclic amines) is 1. The van der Waals surface area contributed by atoms with E-state index in [1.54, 1.807) is 6.07 Å². The number of thioether (sulfide) groups is 1. The second-order valence-corrected chi connectivity index (χ2v) is 7.20. The minimum Gasteiger partial charge on any atom is -0.399 e. The molecule has 1 amide bonds. The number of nitrogens with two attached hydrogens (primary N) is 1. The Morgan fingerprint density at radius 2 is 2.00 bits per heavy atom. The fourth-order valence-corrected chi connectivity index (χ4v) is 3.97. The lowest BCUT2D eigenvalue weighted by Crippen LogP contribution is -2.29. The molecule has 0 aromatic heterocycles. The van der Waals surface area contributed by atoms with Crippen molar-refractivity contribution in [3.8, 4) is 0 Å². The Labute approximate surface area is 154 Å². The van der Waals surface area contributed by atoms with E-state index in [0.717, 1.165) is 36.4 Å². The highest BCUT2D eigenvalue weighted by Crippen LogP contribution is 2.27. The fourth-order valence-electron chi connectivity index (χ4n) is 2.92. The van der Waals surface area contributed by atoms with Crippen molar-refractivity contribution in [1.82, 2.24) is 4.90 Å². The maximum Gasteiger partial charge on any atom is 0.254 e. The van der Waals surface area contributed by atoms with Gasteiger partial charge in [0.1, 0.15) is 0 Å². The number of benzene rings is 2. The summed E-state index contributed by atoms with van der Waals surface area (Å²) in [5.41, 5.74) is 8.21. The molecule has 1 saturated heterocycles. The first-order chi connectivity index (χ1) is 11.1. The number of carbonyl (C=O) groups is 1. The third-order valence-corrected chi connectivity index (χ3v) is 5.54. The zero-order valence-corrected chi connectivity index (χ0v) is 15.4. The summed E-state index contributed by atoms with van der Waals surface area (Å²) < 4.78 is 0. The minimum atomic E-state index is 0. The van der Waals surface area contributed by atoms with Gasteiger partial charge in [-0.3, -0.25) is 4.79 Å². The molecule has 2 aromatic rings. The van der Waals surface area contributed by atoms with E-state index in [1.165, 1.54) is 4.90 Å². The van der Waals surface area contributed by atoms with Crippen LogP contribution in [0.1, 0.15) is 22.3 Å². The van der Waals surface area contributed by atoms with Crippen LogP contribution in [0.3, 0.4) is 0 Å². The number of halogens is 1. The van der Waals surface area contributed by atoms with Gasteiger partial charge >= 0.3 is 0 Å². The van der Waals surface area contributed by atoms with E-state index < -0.39 is 0 Å². The molecule has 1 fully saturated rings. The number of aryl methyl sites for hydroxylation is 1. The molecule has 1 aliphatic heterocycles. The molecule has 0 saturated carbocycles. The highest BCUT2D eigenvalue weighted by Gasteiger charge is 2.27. The molecule has 0 radical (unpaired) electrons. The fraction of sp³-hybridized carbons (Fsp3) is 0.316. The van der Waals surface area contributed by atoms with Crippen molar-refractivity contribution in [1.29, 1.82) is 0 Å². The molecule has 0 aliphatic carbocycles. The topological polar surface area (TPSA) is 46.3 Å². The van der Waals surface area contributed by atoms with Gasteiger partial charge in [-0.05, 0) is 49.1 Å². The number of amides is 1. The van der Waals surface area contributed by atoms with Gasteiger partial charge in [0.15, 0.2) is 0 Å². The van der Waals surface area contributed by atoms with Crippen molar-refractivity contribution >= 4 is 35.8 Å². The van der Waals surface area contributed by atoms with Gasteiger partial charge in [0, 0.05) is 35.0 Å². The summed E-state index contributed by atoms with van der Waals surface area (Å²) in [5.74, 6) is 1.73. The summed E-state index contributed by atoms with van der Waals surface area (Å²) in [7, 11) is 0. The molecule has 0 spiro atoms. The quantitative estimate of drug-likeness (QED) is 0.653. The molecule has 24 heavy (non-hydrogen) atoms. The molecule has 1 heterocycles. The molecule has 1 aliphatic rings. The summed E-state index contributed by atoms with van der Waals surface area (Å²) in [5, 5.41) is 0. The van der Waals surface area contributed by atoms with Crippen LogP contribution in [0.2, 0.25) is 0 Å². The Bertz CT molecular complexity index is 693. The van der Waals surface area contributed by atoms with Crippen molar-refractivity contribution in [3.05, 3.63) is 59.7 Å². The predicted octanol–water partition coefficient (Wildman–Crippen LogP) is 4.25. The summed E-state index contributed by atoms with van der Waals surface area (Å²) in [4.78, 5) is 16.0. The van der Waals surface area contributed by atoms with Crippen LogP contribution in [0.15, 0.2) is 53.4 Å². The lowest BCUT2D eigenvalue weighted by Gasteiger charge is -2.18. The normalized spacial score (nSPS) is 16.7. The van der Waals surface area contributed by atoms with Crippen LogP contribution in [-0.2, 0) is 0 Å². The number of hydrogen-bond donors (Lipinski definition) is 1. The lowest BCUT2D eigenvalue weighted by atomic mass is 10.1. The van der Waals surface area contributed by atoms with Crippen LogP contribution >= 0.6 is 24.2 Å². The van der Waals surface area contributed by atoms with Crippen LogP contribution in [0.5, 0.6) is 0 Å². The molecule has 5 heteroatoms. The highest BCUT2D eigenvalue weighted by molar-refractivity contribution is 7.99. The summed E-state index contributed by atoms with van der Waals surface area (Å²) in [6, 6.07) is 16.0. The summed E-state index contributed by atoms with van der Waals surface area (Å²) in [6.45, 7) is 3.64. The van der Waals surface area contributed by atoms with Crippen LogP contribution in [-0.4, -0.2) is 29.6 Å². The van der Waals surface area contributed by atoms with E-state index in [9.17, 15) is 4.79 Å². The van der Waals surface area contributed by atoms with Crippen molar-refractivity contribution in [2.24, 2.45) is 5.92 Å². The molecule has 128 valence electrons. The van der Waals surface area contributed by atoms with Gasteiger partial charge in [-0.1, -0.05) is 24.3 Å². The Morgan fingerprint density at radius 3 is 2.75 bits per heavy atom. The molecule has 2 N–H and O–H groups in total. The van der Waals surface area contributed by atoms with E-state index in [-0.39, 0.29) is 18.3 Å². The third kappa shape index (κ3) is 4.46. The number of nitrogen functional groups attached to an aromatic ring is 1. The first-order valence-corrected chi connectivity index (χ1v) is 8.95. The van der Waals surface area contributed by atoms with Crippen LogP contribution in [0.25, 0.3) is 0 Å². The first-order valence-electron chi connectivity index (χ1n) is 7.97. The molecular weight excluding hydrogens is 340 g/mol. The average Bonchev–Trinajstić information content (AvgIpc) is 3.04. The molecule has 3 nitrogen and oxygen atoms in total. The van der Waals surface area contributed by atoms with Gasteiger partial charge in [-0.2, -0.15) is 0 Å². The number of hydrogen-bond acceptors (Lipinski definition) is 3. The first kappa shape index (κ1) is 18.7. The summed E-state index contributed by atoms with van der Waals surface area (Å²) >= 11 is 1.87. The zero-order chi connectivity index (χ0) is 16.2. The van der Waals surface area contributed by atoms with E-state index >= 15 is 0 Å². The van der Waals surface area contributed by atoms with Crippen molar-refractivity contribution in [2.45, 2.75) is 18.2 Å². The minimum absolute atomic E-state index is 0. The largest absolute Gasteiger partial charge is 0.399 e. The smallest absolute Gasteiger partial charge is 0.254 e. The maximum atomic E-state index is 12.7. The monoisotopic (exact) mass is 362 g/mol. The standard InChI is InChI=1S/C19H22N2OS.ClH/c1-14-7-8-16(20)11-18(14)19(22)21-10-9-15(12-21)13-23-17-5-3-2-4-6-17;/h2-8,11,15H,9-10,12-13,20H2,1H3;1H. The van der Waals surface area contributed by atoms with Crippen LogP contribution in [0, 0.1) is 12.8 Å². The van der Waals surface area contributed by atoms with Crippen molar-refractivity contribution in [2.75, 3.05) is 24.6 Å². The summed E-state index contributed by atoms with van der Waals surface area (Å²) in [6.07, 6.45) is 1.08. The third-order valence-electron chi connectivity index (χ3n) is 4.29. The van der Waals surface area contributed by atoms with Gasteiger partial charge in [0.25, 0.3) is 5.91 Å². The number of rotatable bonds is 4. The highest BCUT2D eigenvalue weighted by atomic mass is 35.5. The molecule has 1 atom stereocenters. The SMILES string of the molecule is Cc1ccc(N)cc1C(=O)N1CCC(CSc2ccccc2)C1.Cl. The van der Waals surface area contributed by atoms with Gasteiger partial charge in [0.05, 0.1) is 0 Å². The molecule has 2 aromatic carbocycles. The Kier molecular flexibility index (Phi) is 6.58. The van der Waals surface area contributed by atoms with Crippen LogP contribution < -0.4 is 5.73 Å². The number of carbonyl (C=O) groups excluding carboxylic acids is 1. The van der Waals surface area contributed by atoms with Gasteiger partial charge in [-0.15, -0.1) is 24.2 Å². The average molecular weight is 363 g/mol. The molecular formula is C19H23ClN2OS. The maximum absolute atomic E-state index is 12.7. The Balaban J connectivity index is 0.00000208.